The van der Waals surface area contributed by atoms with Crippen LogP contribution in [-0.4, -0.2) is 15.1 Å². The maximum absolute atomic E-state index is 11.2. The molecule has 4 heteroatoms. The van der Waals surface area contributed by atoms with Crippen molar-refractivity contribution >= 4 is 0 Å². The first-order valence-electron chi connectivity index (χ1n) is 15.5. The fourth-order valence-electron chi connectivity index (χ4n) is 6.11. The molecule has 0 aliphatic carbocycles. The summed E-state index contributed by atoms with van der Waals surface area (Å²) in [6, 6.07) is 50.9. The monoisotopic (exact) mass is 788 g/mol. The molecule has 0 atom stereocenters. The van der Waals surface area contributed by atoms with E-state index < -0.39 is 0 Å². The Kier molecular flexibility index (Phi) is 9.57. The zero-order chi connectivity index (χ0) is 31.5. The van der Waals surface area contributed by atoms with Crippen LogP contribution in [0.2, 0.25) is 0 Å². The van der Waals surface area contributed by atoms with Gasteiger partial charge in [-0.3, -0.25) is 9.97 Å². The summed E-state index contributed by atoms with van der Waals surface area (Å²) in [7, 11) is 0. The van der Waals surface area contributed by atoms with Gasteiger partial charge in [0.2, 0.25) is 0 Å². The normalized spacial score (nSPS) is 10.8. The van der Waals surface area contributed by atoms with Crippen molar-refractivity contribution in [2.24, 2.45) is 0 Å². The minimum absolute atomic E-state index is 0. The number of hydrogen-bond acceptors (Lipinski definition) is 3. The van der Waals surface area contributed by atoms with Gasteiger partial charge in [-0.2, -0.15) is 0 Å². The number of aromatic hydroxyl groups is 1. The maximum atomic E-state index is 11.2. The van der Waals surface area contributed by atoms with Crippen molar-refractivity contribution < 1.29 is 26.2 Å². The Morgan fingerprint density at radius 2 is 1.19 bits per heavy atom. The van der Waals surface area contributed by atoms with Gasteiger partial charge in [0.05, 0.1) is 5.69 Å². The first-order valence-corrected chi connectivity index (χ1v) is 15.5. The van der Waals surface area contributed by atoms with E-state index in [1.165, 1.54) is 22.3 Å². The van der Waals surface area contributed by atoms with Gasteiger partial charge in [0, 0.05) is 44.2 Å². The Bertz CT molecular complexity index is 2140. The number of nitrogens with zero attached hydrogens (tertiary/aromatic N) is 2. The van der Waals surface area contributed by atoms with E-state index in [9.17, 15) is 5.11 Å². The molecule has 0 aliphatic heterocycles. The van der Waals surface area contributed by atoms with Crippen LogP contribution in [0.25, 0.3) is 56.0 Å². The molecule has 7 rings (SSSR count). The number of pyridine rings is 2. The van der Waals surface area contributed by atoms with Gasteiger partial charge in [-0.25, -0.2) is 0 Å². The molecular formula is C43H33N2OPt-. The number of rotatable bonds is 7. The van der Waals surface area contributed by atoms with Gasteiger partial charge in [-0.1, -0.05) is 108 Å². The summed E-state index contributed by atoms with van der Waals surface area (Å²) in [6.07, 6.45) is 2.62. The molecule has 2 heterocycles. The average Bonchev–Trinajstić information content (AvgIpc) is 3.09. The molecule has 47 heavy (non-hydrogen) atoms. The van der Waals surface area contributed by atoms with E-state index in [1.807, 2.05) is 79.0 Å². The molecule has 0 aliphatic rings. The van der Waals surface area contributed by atoms with Crippen LogP contribution in [0, 0.1) is 19.9 Å². The summed E-state index contributed by atoms with van der Waals surface area (Å²) in [5, 5.41) is 11.2. The van der Waals surface area contributed by atoms with Gasteiger partial charge < -0.3 is 5.11 Å². The quantitative estimate of drug-likeness (QED) is 0.164. The van der Waals surface area contributed by atoms with Crippen molar-refractivity contribution in [2.75, 3.05) is 0 Å². The van der Waals surface area contributed by atoms with E-state index in [0.717, 1.165) is 51.2 Å². The van der Waals surface area contributed by atoms with Gasteiger partial charge in [-0.05, 0) is 89.0 Å². The Hall–Kier alpha value is -5.11. The van der Waals surface area contributed by atoms with Crippen molar-refractivity contribution in [2.45, 2.75) is 20.3 Å². The second-order valence-electron chi connectivity index (χ2n) is 11.7. The molecular weight excluding hydrogens is 756 g/mol. The molecule has 0 radical (unpaired) electrons. The number of phenolic OH excluding ortho intramolecular Hbond substituents is 1. The molecule has 5 aromatic carbocycles. The van der Waals surface area contributed by atoms with E-state index in [0.29, 0.717) is 11.3 Å². The smallest absolute Gasteiger partial charge is 0.125 e. The number of benzene rings is 5. The van der Waals surface area contributed by atoms with Crippen LogP contribution in [0.1, 0.15) is 22.3 Å². The third-order valence-electron chi connectivity index (χ3n) is 8.40. The Morgan fingerprint density at radius 3 is 1.91 bits per heavy atom. The standard InChI is InChI=1S/C43H33N2O.Pt/c1-29-11-9-12-30(2)43(29)36-21-22-44-39(26-36)34-17-10-18-35(25-34)40-27-37(33-15-7-4-8-16-33)28-41(45-40)38-20-19-32(24-42(38)46)23-31-13-5-3-6-14-31;/h3-22,24,26-28,46H,23H2,1-2H3;/q-1;. The van der Waals surface area contributed by atoms with Crippen molar-refractivity contribution in [3.8, 4) is 61.8 Å². The van der Waals surface area contributed by atoms with Crippen molar-refractivity contribution in [3.63, 3.8) is 0 Å². The van der Waals surface area contributed by atoms with Crippen LogP contribution < -0.4 is 0 Å². The maximum Gasteiger partial charge on any atom is 0.125 e. The second-order valence-corrected chi connectivity index (χ2v) is 11.7. The van der Waals surface area contributed by atoms with Gasteiger partial charge in [0.1, 0.15) is 5.75 Å². The van der Waals surface area contributed by atoms with E-state index in [2.05, 4.69) is 86.6 Å². The van der Waals surface area contributed by atoms with E-state index in [-0.39, 0.29) is 26.8 Å². The fraction of sp³-hybridized carbons (Fsp3) is 0.0698. The molecule has 0 fully saturated rings. The molecule has 0 bridgehead atoms. The van der Waals surface area contributed by atoms with Gasteiger partial charge >= 0.3 is 0 Å². The zero-order valence-corrected chi connectivity index (χ0v) is 28.5. The summed E-state index contributed by atoms with van der Waals surface area (Å²) < 4.78 is 0. The molecule has 2 aromatic heterocycles. The molecule has 3 nitrogen and oxygen atoms in total. The Morgan fingerprint density at radius 1 is 0.553 bits per heavy atom. The van der Waals surface area contributed by atoms with Crippen LogP contribution in [0.3, 0.4) is 0 Å². The summed E-state index contributed by atoms with van der Waals surface area (Å²) in [4.78, 5) is 9.81. The second kappa shape index (κ2) is 14.1. The summed E-state index contributed by atoms with van der Waals surface area (Å²) in [5.41, 5.74) is 14.0. The zero-order valence-electron chi connectivity index (χ0n) is 26.2. The topological polar surface area (TPSA) is 46.0 Å². The minimum Gasteiger partial charge on any atom is -0.507 e. The molecule has 1 N–H and O–H groups in total. The molecule has 232 valence electrons. The summed E-state index contributed by atoms with van der Waals surface area (Å²) in [6.45, 7) is 4.29. The fourth-order valence-corrected chi connectivity index (χ4v) is 6.11. The molecule has 0 saturated carbocycles. The number of phenols is 1. The molecule has 0 amide bonds. The van der Waals surface area contributed by atoms with Crippen LogP contribution in [0.4, 0.5) is 0 Å². The summed E-state index contributed by atoms with van der Waals surface area (Å²) in [5.74, 6) is 0.210. The number of aromatic nitrogens is 2. The third-order valence-corrected chi connectivity index (χ3v) is 8.40. The van der Waals surface area contributed by atoms with E-state index in [4.69, 9.17) is 9.97 Å². The van der Waals surface area contributed by atoms with Crippen molar-refractivity contribution in [3.05, 3.63) is 174 Å². The largest absolute Gasteiger partial charge is 0.507 e. The van der Waals surface area contributed by atoms with Gasteiger partial charge in [0.25, 0.3) is 0 Å². The Balaban J connectivity index is 0.00000386. The van der Waals surface area contributed by atoms with Crippen LogP contribution in [0.5, 0.6) is 5.75 Å². The third kappa shape index (κ3) is 7.01. The first kappa shape index (κ1) is 31.9. The van der Waals surface area contributed by atoms with Crippen LogP contribution in [-0.2, 0) is 27.5 Å². The predicted octanol–water partition coefficient (Wildman–Crippen LogP) is 10.5. The number of aryl methyl sites for hydroxylation is 2. The van der Waals surface area contributed by atoms with Gasteiger partial charge in [-0.15, -0.1) is 24.3 Å². The van der Waals surface area contributed by atoms with E-state index in [1.54, 1.807) is 0 Å². The van der Waals surface area contributed by atoms with Crippen LogP contribution in [0.15, 0.2) is 146 Å². The average molecular weight is 789 g/mol. The van der Waals surface area contributed by atoms with E-state index >= 15 is 0 Å². The molecule has 7 aromatic rings. The molecule has 0 spiro atoms. The molecule has 0 saturated heterocycles. The van der Waals surface area contributed by atoms with Crippen molar-refractivity contribution in [1.29, 1.82) is 0 Å². The SMILES string of the molecule is Cc1cccc(C)c1-c1ccnc(-c2[c-]c(-c3cc(-c4ccccc4)cc(-c4ccc(Cc5ccccc5)cc4O)n3)ccc2)c1.[Pt]. The predicted molar refractivity (Wildman–Crippen MR) is 188 cm³/mol. The Labute approximate surface area is 290 Å². The number of hydrogen-bond donors (Lipinski definition) is 1. The molecule has 0 unspecified atom stereocenters. The van der Waals surface area contributed by atoms with Crippen molar-refractivity contribution in [1.82, 2.24) is 9.97 Å². The minimum atomic E-state index is 0. The first-order chi connectivity index (χ1) is 22.5. The van der Waals surface area contributed by atoms with Crippen LogP contribution >= 0.6 is 0 Å². The summed E-state index contributed by atoms with van der Waals surface area (Å²) >= 11 is 0. The van der Waals surface area contributed by atoms with Gasteiger partial charge in [0.15, 0.2) is 0 Å².